The summed E-state index contributed by atoms with van der Waals surface area (Å²) >= 11 is 3.23. The predicted octanol–water partition coefficient (Wildman–Crippen LogP) is 3.91. The van der Waals surface area contributed by atoms with E-state index in [2.05, 4.69) is 41.3 Å². The highest BCUT2D eigenvalue weighted by atomic mass is 79.9. The van der Waals surface area contributed by atoms with Crippen molar-refractivity contribution < 1.29 is 22.6 Å². The van der Waals surface area contributed by atoms with Gasteiger partial charge in [-0.1, -0.05) is 0 Å². The Labute approximate surface area is 165 Å². The fraction of sp³-hybridized carbons (Fsp3) is 0.250. The second-order valence-electron chi connectivity index (χ2n) is 5.48. The van der Waals surface area contributed by atoms with E-state index in [1.165, 1.54) is 27.3 Å². The number of nitrogens with zero attached hydrogens (tertiary/aromatic N) is 5. The Morgan fingerprint density at radius 2 is 1.71 bits per heavy atom. The molecule has 12 heteroatoms. The number of alkyl halides is 3. The summed E-state index contributed by atoms with van der Waals surface area (Å²) in [6.07, 6.45) is -3.26. The maximum Gasteiger partial charge on any atom is 0.453 e. The van der Waals surface area contributed by atoms with Crippen LogP contribution in [0.4, 0.5) is 24.8 Å². The van der Waals surface area contributed by atoms with E-state index in [0.29, 0.717) is 21.7 Å². The highest BCUT2D eigenvalue weighted by Crippen LogP contribution is 2.30. The monoisotopic (exact) mass is 458 g/mol. The molecule has 8 nitrogen and oxygen atoms in total. The summed E-state index contributed by atoms with van der Waals surface area (Å²) in [5.41, 5.74) is 0.566. The van der Waals surface area contributed by atoms with E-state index in [1.807, 2.05) is 0 Å². The number of hydrogen-bond acceptors (Lipinski definition) is 7. The molecule has 0 fully saturated rings. The average molecular weight is 459 g/mol. The van der Waals surface area contributed by atoms with Crippen molar-refractivity contribution in [2.75, 3.05) is 19.5 Å². The highest BCUT2D eigenvalue weighted by Gasteiger charge is 2.37. The van der Waals surface area contributed by atoms with Crippen molar-refractivity contribution >= 4 is 27.6 Å². The molecule has 0 atom stereocenters. The average Bonchev–Trinajstić information content (AvgIpc) is 3.05. The summed E-state index contributed by atoms with van der Waals surface area (Å²) in [6, 6.07) is 5.07. The van der Waals surface area contributed by atoms with Crippen LogP contribution in [0.5, 0.6) is 11.5 Å². The third-order valence-corrected chi connectivity index (χ3v) is 4.12. The number of aromatic nitrogens is 5. The van der Waals surface area contributed by atoms with Crippen LogP contribution in [0.15, 0.2) is 28.9 Å². The molecule has 0 radical (unpaired) electrons. The molecular weight excluding hydrogens is 445 g/mol. The van der Waals surface area contributed by atoms with Crippen LogP contribution in [0.3, 0.4) is 0 Å². The van der Waals surface area contributed by atoms with Gasteiger partial charge in [0, 0.05) is 30.1 Å². The molecule has 0 unspecified atom stereocenters. The van der Waals surface area contributed by atoms with Crippen LogP contribution in [0, 0.1) is 6.92 Å². The van der Waals surface area contributed by atoms with Crippen molar-refractivity contribution in [3.63, 3.8) is 0 Å². The summed E-state index contributed by atoms with van der Waals surface area (Å²) in [4.78, 5) is 11.8. The lowest BCUT2D eigenvalue weighted by molar-refractivity contribution is -0.144. The summed E-state index contributed by atoms with van der Waals surface area (Å²) in [7, 11) is 3.02. The Morgan fingerprint density at radius 1 is 1.07 bits per heavy atom. The molecule has 3 aromatic rings. The van der Waals surface area contributed by atoms with Gasteiger partial charge in [0.2, 0.25) is 5.95 Å². The van der Waals surface area contributed by atoms with Gasteiger partial charge >= 0.3 is 6.18 Å². The lowest BCUT2D eigenvalue weighted by atomic mass is 10.3. The molecule has 1 aromatic carbocycles. The largest absolute Gasteiger partial charge is 0.497 e. The fourth-order valence-electron chi connectivity index (χ4n) is 2.29. The van der Waals surface area contributed by atoms with Gasteiger partial charge in [-0.15, -0.1) is 5.10 Å². The van der Waals surface area contributed by atoms with Crippen molar-refractivity contribution in [2.45, 2.75) is 13.1 Å². The van der Waals surface area contributed by atoms with Gasteiger partial charge in [0.25, 0.3) is 5.82 Å². The summed E-state index contributed by atoms with van der Waals surface area (Å²) < 4.78 is 50.4. The van der Waals surface area contributed by atoms with Gasteiger partial charge in [-0.3, -0.25) is 0 Å². The number of ether oxygens (including phenoxy) is 2. The molecule has 0 saturated heterocycles. The SMILES string of the molecule is COc1cc(Nc2ncc(Br)c(-n3nc(C(F)(F)F)nc3C)n2)cc(OC)c1. The molecule has 148 valence electrons. The Morgan fingerprint density at radius 3 is 2.25 bits per heavy atom. The zero-order valence-corrected chi connectivity index (χ0v) is 16.5. The molecule has 0 amide bonds. The molecule has 0 aliphatic heterocycles. The molecule has 0 aliphatic carbocycles. The summed E-state index contributed by atoms with van der Waals surface area (Å²) in [5.74, 6) is 0.107. The number of hydrogen-bond donors (Lipinski definition) is 1. The molecule has 0 saturated carbocycles. The fourth-order valence-corrected chi connectivity index (χ4v) is 2.65. The van der Waals surface area contributed by atoms with E-state index >= 15 is 0 Å². The van der Waals surface area contributed by atoms with E-state index < -0.39 is 12.0 Å². The Balaban J connectivity index is 1.98. The zero-order valence-electron chi connectivity index (χ0n) is 14.9. The second kappa shape index (κ2) is 7.62. The Bertz CT molecular complexity index is 986. The van der Waals surface area contributed by atoms with Crippen molar-refractivity contribution in [3.05, 3.63) is 40.5 Å². The molecule has 2 aromatic heterocycles. The van der Waals surface area contributed by atoms with Crippen LogP contribution in [0.1, 0.15) is 11.6 Å². The van der Waals surface area contributed by atoms with Gasteiger partial charge in [-0.25, -0.2) is 9.97 Å². The molecule has 3 rings (SSSR count). The molecule has 2 heterocycles. The van der Waals surface area contributed by atoms with Gasteiger partial charge in [0.05, 0.1) is 18.7 Å². The number of aryl methyl sites for hydroxylation is 1. The number of halogens is 4. The van der Waals surface area contributed by atoms with Crippen LogP contribution < -0.4 is 14.8 Å². The van der Waals surface area contributed by atoms with E-state index in [4.69, 9.17) is 9.47 Å². The van der Waals surface area contributed by atoms with Gasteiger partial charge in [-0.2, -0.15) is 22.8 Å². The topological polar surface area (TPSA) is 87.0 Å². The normalized spacial score (nSPS) is 11.4. The maximum absolute atomic E-state index is 12.9. The lowest BCUT2D eigenvalue weighted by Crippen LogP contribution is -2.10. The number of anilines is 2. The van der Waals surface area contributed by atoms with Crippen LogP contribution in [-0.4, -0.2) is 39.0 Å². The van der Waals surface area contributed by atoms with E-state index in [1.54, 1.807) is 18.2 Å². The van der Waals surface area contributed by atoms with Crippen LogP contribution in [0.25, 0.3) is 5.82 Å². The van der Waals surface area contributed by atoms with Crippen molar-refractivity contribution in [1.82, 2.24) is 24.7 Å². The molecule has 0 bridgehead atoms. The first-order valence-corrected chi connectivity index (χ1v) is 8.54. The van der Waals surface area contributed by atoms with Gasteiger partial charge in [-0.05, 0) is 22.9 Å². The number of rotatable bonds is 5. The molecule has 0 spiro atoms. The lowest BCUT2D eigenvalue weighted by Gasteiger charge is -2.11. The van der Waals surface area contributed by atoms with Gasteiger partial charge in [0.15, 0.2) is 5.82 Å². The third-order valence-electron chi connectivity index (χ3n) is 3.56. The minimum Gasteiger partial charge on any atom is -0.497 e. The summed E-state index contributed by atoms with van der Waals surface area (Å²) in [5, 5.41) is 6.47. The maximum atomic E-state index is 12.9. The van der Waals surface area contributed by atoms with E-state index in [9.17, 15) is 13.2 Å². The zero-order chi connectivity index (χ0) is 20.5. The third kappa shape index (κ3) is 4.16. The van der Waals surface area contributed by atoms with Gasteiger partial charge in [0.1, 0.15) is 17.3 Å². The quantitative estimate of drug-likeness (QED) is 0.619. The summed E-state index contributed by atoms with van der Waals surface area (Å²) in [6.45, 7) is 1.40. The van der Waals surface area contributed by atoms with Crippen molar-refractivity contribution in [1.29, 1.82) is 0 Å². The number of benzene rings is 1. The van der Waals surface area contributed by atoms with Gasteiger partial charge < -0.3 is 14.8 Å². The molecule has 1 N–H and O–H groups in total. The van der Waals surface area contributed by atoms with E-state index in [0.717, 1.165) is 4.68 Å². The van der Waals surface area contributed by atoms with Crippen molar-refractivity contribution in [2.24, 2.45) is 0 Å². The first-order chi connectivity index (χ1) is 13.2. The molecule has 0 aliphatic rings. The minimum absolute atomic E-state index is 0.0284. The van der Waals surface area contributed by atoms with Crippen molar-refractivity contribution in [3.8, 4) is 17.3 Å². The molecule has 28 heavy (non-hydrogen) atoms. The first-order valence-electron chi connectivity index (χ1n) is 7.75. The number of nitrogens with one attached hydrogen (secondary N) is 1. The highest BCUT2D eigenvalue weighted by molar-refractivity contribution is 9.10. The second-order valence-corrected chi connectivity index (χ2v) is 6.34. The number of methoxy groups -OCH3 is 2. The van der Waals surface area contributed by atoms with Crippen LogP contribution in [0.2, 0.25) is 0 Å². The Hall–Kier alpha value is -2.89. The first kappa shape index (κ1) is 19.9. The smallest absolute Gasteiger partial charge is 0.453 e. The minimum atomic E-state index is -4.66. The molecular formula is C16H14BrF3N6O2. The van der Waals surface area contributed by atoms with E-state index in [-0.39, 0.29) is 17.6 Å². The standard InChI is InChI=1S/C16H14BrF3N6O2/c1-8-22-14(16(18,19)20)25-26(8)13-12(17)7-21-15(24-13)23-9-4-10(27-2)6-11(5-9)28-3/h4-7H,1-3H3,(H,21,23,24). The van der Waals surface area contributed by atoms with Crippen LogP contribution in [-0.2, 0) is 6.18 Å². The predicted molar refractivity (Wildman–Crippen MR) is 97.2 cm³/mol. The van der Waals surface area contributed by atoms with Crippen LogP contribution >= 0.6 is 15.9 Å². The Kier molecular flexibility index (Phi) is 5.40.